The third kappa shape index (κ3) is 5.87. The maximum absolute atomic E-state index is 13.3. The Morgan fingerprint density at radius 1 is 1.13 bits per heavy atom. The summed E-state index contributed by atoms with van der Waals surface area (Å²) in [6.07, 6.45) is 1.74. The van der Waals surface area contributed by atoms with Gasteiger partial charge in [0.15, 0.2) is 0 Å². The normalized spacial score (nSPS) is 10.8. The fraction of sp³-hybridized carbons (Fsp3) is 0.389. The molecule has 0 atom stereocenters. The first-order valence-corrected chi connectivity index (χ1v) is 7.81. The minimum absolute atomic E-state index is 0.286. The highest BCUT2D eigenvalue weighted by molar-refractivity contribution is 5.36. The van der Waals surface area contributed by atoms with Gasteiger partial charge in [0.05, 0.1) is 13.2 Å². The van der Waals surface area contributed by atoms with E-state index in [1.54, 1.807) is 12.3 Å². The summed E-state index contributed by atoms with van der Waals surface area (Å²) in [5.74, 6) is 1.42. The molecule has 5 heteroatoms. The highest BCUT2D eigenvalue weighted by atomic mass is 19.1. The first-order chi connectivity index (χ1) is 11.2. The summed E-state index contributed by atoms with van der Waals surface area (Å²) in [6.45, 7) is 6.19. The molecule has 0 saturated heterocycles. The molecule has 0 aliphatic rings. The zero-order valence-electron chi connectivity index (χ0n) is 13.6. The van der Waals surface area contributed by atoms with Gasteiger partial charge in [-0.3, -0.25) is 0 Å². The second kappa shape index (κ2) is 9.10. The summed E-state index contributed by atoms with van der Waals surface area (Å²) < 4.78 is 24.5. The van der Waals surface area contributed by atoms with E-state index in [1.165, 1.54) is 12.1 Å². The Morgan fingerprint density at radius 2 is 2.00 bits per heavy atom. The third-order valence-electron chi connectivity index (χ3n) is 3.30. The Labute approximate surface area is 136 Å². The summed E-state index contributed by atoms with van der Waals surface area (Å²) in [5, 5.41) is 3.16. The minimum atomic E-state index is -0.287. The second-order valence-electron chi connectivity index (χ2n) is 5.44. The van der Waals surface area contributed by atoms with Crippen LogP contribution in [0.5, 0.6) is 5.75 Å². The van der Waals surface area contributed by atoms with E-state index in [1.807, 2.05) is 18.2 Å². The van der Waals surface area contributed by atoms with Crippen LogP contribution in [0.4, 0.5) is 10.2 Å². The molecule has 0 saturated carbocycles. The zero-order valence-corrected chi connectivity index (χ0v) is 13.6. The van der Waals surface area contributed by atoms with Crippen LogP contribution in [0, 0.1) is 5.82 Å². The van der Waals surface area contributed by atoms with Crippen molar-refractivity contribution in [2.24, 2.45) is 0 Å². The van der Waals surface area contributed by atoms with Crippen molar-refractivity contribution in [3.63, 3.8) is 0 Å². The molecule has 0 aliphatic carbocycles. The molecule has 0 unspecified atom stereocenters. The van der Waals surface area contributed by atoms with Gasteiger partial charge in [-0.15, -0.1) is 0 Å². The third-order valence-corrected chi connectivity index (χ3v) is 3.30. The Kier molecular flexibility index (Phi) is 6.81. The number of pyridine rings is 1. The number of benzene rings is 1. The fourth-order valence-electron chi connectivity index (χ4n) is 2.14. The van der Waals surface area contributed by atoms with Gasteiger partial charge in [0.2, 0.25) is 0 Å². The van der Waals surface area contributed by atoms with E-state index >= 15 is 0 Å². The van der Waals surface area contributed by atoms with E-state index in [4.69, 9.17) is 9.47 Å². The molecule has 2 aromatic rings. The van der Waals surface area contributed by atoms with Crippen LogP contribution in [-0.2, 0) is 4.74 Å². The summed E-state index contributed by atoms with van der Waals surface area (Å²) in [4.78, 5) is 4.16. The number of halogens is 1. The Bertz CT molecular complexity index is 591. The van der Waals surface area contributed by atoms with Gasteiger partial charge in [-0.25, -0.2) is 9.37 Å². The molecule has 1 aromatic heterocycles. The monoisotopic (exact) mass is 318 g/mol. The van der Waals surface area contributed by atoms with Gasteiger partial charge in [-0.2, -0.15) is 0 Å². The molecule has 1 heterocycles. The van der Waals surface area contributed by atoms with Gasteiger partial charge in [-0.05, 0) is 29.7 Å². The Balaban J connectivity index is 1.65. The lowest BCUT2D eigenvalue weighted by molar-refractivity contribution is 0.107. The van der Waals surface area contributed by atoms with Crippen molar-refractivity contribution in [1.82, 2.24) is 4.98 Å². The first kappa shape index (κ1) is 17.2. The van der Waals surface area contributed by atoms with Crippen molar-refractivity contribution in [3.05, 3.63) is 54.0 Å². The Hall–Kier alpha value is -2.14. The van der Waals surface area contributed by atoms with Crippen molar-refractivity contribution in [2.45, 2.75) is 19.8 Å². The maximum Gasteiger partial charge on any atom is 0.126 e. The summed E-state index contributed by atoms with van der Waals surface area (Å²) >= 11 is 0. The number of aromatic nitrogens is 1. The average molecular weight is 318 g/mol. The molecule has 23 heavy (non-hydrogen) atoms. The van der Waals surface area contributed by atoms with Crippen LogP contribution >= 0.6 is 0 Å². The molecule has 0 fully saturated rings. The number of hydrogen-bond acceptors (Lipinski definition) is 4. The second-order valence-corrected chi connectivity index (χ2v) is 5.44. The molecule has 1 aromatic carbocycles. The molecule has 0 radical (unpaired) electrons. The van der Waals surface area contributed by atoms with E-state index in [0.29, 0.717) is 32.1 Å². The standard InChI is InChI=1S/C18H23FN2O2/c1-14(2)16-7-6-15(19)13-17(16)23-12-11-22-10-9-21-18-5-3-4-8-20-18/h3-8,13-14H,9-12H2,1-2H3,(H,20,21). The number of ether oxygens (including phenoxy) is 2. The van der Waals surface area contributed by atoms with Crippen molar-refractivity contribution in [1.29, 1.82) is 0 Å². The van der Waals surface area contributed by atoms with Crippen LogP contribution in [0.3, 0.4) is 0 Å². The Morgan fingerprint density at radius 3 is 2.74 bits per heavy atom. The van der Waals surface area contributed by atoms with Crippen LogP contribution in [0.25, 0.3) is 0 Å². The van der Waals surface area contributed by atoms with Gasteiger partial charge in [0.25, 0.3) is 0 Å². The highest BCUT2D eigenvalue weighted by Crippen LogP contribution is 2.27. The quantitative estimate of drug-likeness (QED) is 0.713. The van der Waals surface area contributed by atoms with E-state index in [2.05, 4.69) is 24.1 Å². The summed E-state index contributed by atoms with van der Waals surface area (Å²) in [6, 6.07) is 10.4. The van der Waals surface area contributed by atoms with Crippen LogP contribution in [0.2, 0.25) is 0 Å². The van der Waals surface area contributed by atoms with Gasteiger partial charge < -0.3 is 14.8 Å². The number of rotatable bonds is 9. The molecule has 4 nitrogen and oxygen atoms in total. The number of hydrogen-bond donors (Lipinski definition) is 1. The number of nitrogens with zero attached hydrogens (tertiary/aromatic N) is 1. The van der Waals surface area contributed by atoms with E-state index in [-0.39, 0.29) is 11.7 Å². The molecule has 0 bridgehead atoms. The van der Waals surface area contributed by atoms with E-state index in [9.17, 15) is 4.39 Å². The SMILES string of the molecule is CC(C)c1ccc(F)cc1OCCOCCNc1ccccn1. The molecular formula is C18H23FN2O2. The smallest absolute Gasteiger partial charge is 0.126 e. The predicted octanol–water partition coefficient (Wildman–Crippen LogP) is 3.85. The van der Waals surface area contributed by atoms with Crippen molar-refractivity contribution >= 4 is 5.82 Å². The maximum atomic E-state index is 13.3. The van der Waals surface area contributed by atoms with Crippen molar-refractivity contribution < 1.29 is 13.9 Å². The number of anilines is 1. The molecule has 124 valence electrons. The van der Waals surface area contributed by atoms with E-state index < -0.39 is 0 Å². The number of nitrogens with one attached hydrogen (secondary N) is 1. The minimum Gasteiger partial charge on any atom is -0.491 e. The van der Waals surface area contributed by atoms with E-state index in [0.717, 1.165) is 11.4 Å². The largest absolute Gasteiger partial charge is 0.491 e. The van der Waals surface area contributed by atoms with Crippen LogP contribution < -0.4 is 10.1 Å². The topological polar surface area (TPSA) is 43.4 Å². The fourth-order valence-corrected chi connectivity index (χ4v) is 2.14. The van der Waals surface area contributed by atoms with Crippen LogP contribution in [0.1, 0.15) is 25.3 Å². The summed E-state index contributed by atoms with van der Waals surface area (Å²) in [7, 11) is 0. The van der Waals surface area contributed by atoms with Gasteiger partial charge in [0, 0.05) is 18.8 Å². The lowest BCUT2D eigenvalue weighted by Crippen LogP contribution is -2.14. The molecule has 0 spiro atoms. The van der Waals surface area contributed by atoms with Crippen LogP contribution in [-0.4, -0.2) is 31.3 Å². The molecule has 1 N–H and O–H groups in total. The molecular weight excluding hydrogens is 295 g/mol. The van der Waals surface area contributed by atoms with Crippen molar-refractivity contribution in [3.8, 4) is 5.75 Å². The van der Waals surface area contributed by atoms with Gasteiger partial charge in [0.1, 0.15) is 24.0 Å². The highest BCUT2D eigenvalue weighted by Gasteiger charge is 2.09. The zero-order chi connectivity index (χ0) is 16.5. The van der Waals surface area contributed by atoms with Crippen LogP contribution in [0.15, 0.2) is 42.6 Å². The van der Waals surface area contributed by atoms with Gasteiger partial charge >= 0.3 is 0 Å². The predicted molar refractivity (Wildman–Crippen MR) is 89.5 cm³/mol. The lowest BCUT2D eigenvalue weighted by atomic mass is 10.0. The first-order valence-electron chi connectivity index (χ1n) is 7.81. The molecule has 0 amide bonds. The molecule has 2 rings (SSSR count). The lowest BCUT2D eigenvalue weighted by Gasteiger charge is -2.14. The molecule has 0 aliphatic heterocycles. The van der Waals surface area contributed by atoms with Gasteiger partial charge in [-0.1, -0.05) is 26.0 Å². The van der Waals surface area contributed by atoms with Crippen molar-refractivity contribution in [2.75, 3.05) is 31.7 Å². The summed E-state index contributed by atoms with van der Waals surface area (Å²) in [5.41, 5.74) is 1.00. The average Bonchev–Trinajstić information content (AvgIpc) is 2.54.